The largest absolute Gasteiger partial charge is 0.504 e. The van der Waals surface area contributed by atoms with Gasteiger partial charge in [-0.05, 0) is 35.9 Å². The quantitative estimate of drug-likeness (QED) is 0.499. The molecule has 3 N–H and O–H groups in total. The highest BCUT2D eigenvalue weighted by atomic mass is 16.5. The summed E-state index contributed by atoms with van der Waals surface area (Å²) in [5.41, 5.74) is 4.14. The molecule has 2 aromatic carbocycles. The summed E-state index contributed by atoms with van der Waals surface area (Å²) in [6, 6.07) is 17.3. The van der Waals surface area contributed by atoms with Crippen LogP contribution >= 0.6 is 0 Å². The van der Waals surface area contributed by atoms with Gasteiger partial charge in [0.05, 0.1) is 13.2 Å². The van der Waals surface area contributed by atoms with Gasteiger partial charge in [0.1, 0.15) is 0 Å². The third-order valence-electron chi connectivity index (χ3n) is 4.46. The van der Waals surface area contributed by atoms with Crippen LogP contribution in [-0.2, 0) is 0 Å². The molecule has 2 aromatic heterocycles. The number of aromatic hydroxyl groups is 1. The fraction of sp³-hybridized carbons (Fsp3) is 0.0952. The van der Waals surface area contributed by atoms with Crippen LogP contribution in [0.2, 0.25) is 0 Å². The van der Waals surface area contributed by atoms with Crippen LogP contribution in [0.5, 0.6) is 11.5 Å². The lowest BCUT2D eigenvalue weighted by Gasteiger charge is -2.21. The molecule has 0 aliphatic heterocycles. The Balaban J connectivity index is 1.84. The highest BCUT2D eigenvalue weighted by Gasteiger charge is 2.19. The Labute approximate surface area is 151 Å². The molecule has 5 heteroatoms. The summed E-state index contributed by atoms with van der Waals surface area (Å²) in [6.07, 6.45) is 5.53. The van der Waals surface area contributed by atoms with Crippen molar-refractivity contribution in [1.82, 2.24) is 9.97 Å². The van der Waals surface area contributed by atoms with Crippen LogP contribution in [0.3, 0.4) is 0 Å². The molecule has 4 rings (SSSR count). The van der Waals surface area contributed by atoms with E-state index in [-0.39, 0.29) is 11.8 Å². The van der Waals surface area contributed by atoms with E-state index in [1.807, 2.05) is 42.6 Å². The van der Waals surface area contributed by atoms with Crippen LogP contribution < -0.4 is 10.1 Å². The molecule has 0 amide bonds. The van der Waals surface area contributed by atoms with Crippen LogP contribution in [0.25, 0.3) is 10.9 Å². The van der Waals surface area contributed by atoms with E-state index >= 15 is 0 Å². The topological polar surface area (TPSA) is 70.2 Å². The minimum absolute atomic E-state index is 0.122. The summed E-state index contributed by atoms with van der Waals surface area (Å²) in [5.74, 6) is 0.571. The molecule has 1 atom stereocenters. The number of para-hydroxylation sites is 1. The zero-order valence-electron chi connectivity index (χ0n) is 14.3. The maximum absolute atomic E-state index is 9.95. The summed E-state index contributed by atoms with van der Waals surface area (Å²) in [4.78, 5) is 7.41. The van der Waals surface area contributed by atoms with Crippen molar-refractivity contribution in [1.29, 1.82) is 0 Å². The van der Waals surface area contributed by atoms with Crippen molar-refractivity contribution in [2.75, 3.05) is 12.4 Å². The minimum Gasteiger partial charge on any atom is -0.504 e. The maximum Gasteiger partial charge on any atom is 0.160 e. The van der Waals surface area contributed by atoms with Gasteiger partial charge in [-0.25, -0.2) is 0 Å². The van der Waals surface area contributed by atoms with Gasteiger partial charge in [0.2, 0.25) is 0 Å². The molecule has 0 aliphatic carbocycles. The number of phenols is 1. The molecule has 0 bridgehead atoms. The van der Waals surface area contributed by atoms with E-state index in [4.69, 9.17) is 4.74 Å². The van der Waals surface area contributed by atoms with E-state index in [9.17, 15) is 5.11 Å². The van der Waals surface area contributed by atoms with Gasteiger partial charge in [-0.1, -0.05) is 24.3 Å². The molecular formula is C21H19N3O2. The van der Waals surface area contributed by atoms with Gasteiger partial charge in [-0.3, -0.25) is 4.98 Å². The van der Waals surface area contributed by atoms with E-state index < -0.39 is 0 Å². The van der Waals surface area contributed by atoms with Gasteiger partial charge in [-0.2, -0.15) is 0 Å². The normalized spacial score (nSPS) is 12.0. The van der Waals surface area contributed by atoms with Crippen LogP contribution in [0.4, 0.5) is 5.69 Å². The number of rotatable bonds is 5. The van der Waals surface area contributed by atoms with Gasteiger partial charge in [0.15, 0.2) is 11.5 Å². The van der Waals surface area contributed by atoms with Crippen LogP contribution in [0.1, 0.15) is 17.2 Å². The number of anilines is 1. The predicted octanol–water partition coefficient (Wildman–Crippen LogP) is 4.48. The second kappa shape index (κ2) is 6.80. The lowest BCUT2D eigenvalue weighted by atomic mass is 9.97. The van der Waals surface area contributed by atoms with Gasteiger partial charge < -0.3 is 20.1 Å². The summed E-state index contributed by atoms with van der Waals surface area (Å²) >= 11 is 0. The second-order valence-corrected chi connectivity index (χ2v) is 6.03. The second-order valence-electron chi connectivity index (χ2n) is 6.03. The predicted molar refractivity (Wildman–Crippen MR) is 103 cm³/mol. The molecule has 4 aromatic rings. The Morgan fingerprint density at radius 1 is 1.08 bits per heavy atom. The first-order chi connectivity index (χ1) is 12.8. The van der Waals surface area contributed by atoms with Crippen molar-refractivity contribution < 1.29 is 9.84 Å². The van der Waals surface area contributed by atoms with Gasteiger partial charge >= 0.3 is 0 Å². The summed E-state index contributed by atoms with van der Waals surface area (Å²) in [5, 5.41) is 14.7. The van der Waals surface area contributed by atoms with Gasteiger partial charge in [-0.15, -0.1) is 0 Å². The number of benzene rings is 2. The van der Waals surface area contributed by atoms with Crippen molar-refractivity contribution in [3.63, 3.8) is 0 Å². The van der Waals surface area contributed by atoms with Crippen molar-refractivity contribution in [2.24, 2.45) is 0 Å². The summed E-state index contributed by atoms with van der Waals surface area (Å²) in [7, 11) is 1.55. The number of aromatic nitrogens is 2. The fourth-order valence-electron chi connectivity index (χ4n) is 3.16. The van der Waals surface area contributed by atoms with E-state index in [1.165, 1.54) is 0 Å². The number of methoxy groups -OCH3 is 1. The molecule has 1 unspecified atom stereocenters. The van der Waals surface area contributed by atoms with Crippen LogP contribution in [-0.4, -0.2) is 22.2 Å². The van der Waals surface area contributed by atoms with E-state index in [1.54, 1.807) is 25.6 Å². The highest BCUT2D eigenvalue weighted by molar-refractivity contribution is 5.84. The van der Waals surface area contributed by atoms with Crippen molar-refractivity contribution in [2.45, 2.75) is 6.04 Å². The first-order valence-electron chi connectivity index (χ1n) is 8.36. The molecule has 2 heterocycles. The molecule has 0 aliphatic rings. The van der Waals surface area contributed by atoms with Crippen LogP contribution in [0, 0.1) is 0 Å². The number of nitrogens with one attached hydrogen (secondary N) is 2. The molecule has 5 nitrogen and oxygen atoms in total. The molecular weight excluding hydrogens is 326 g/mol. The van der Waals surface area contributed by atoms with Crippen molar-refractivity contribution in [3.05, 3.63) is 84.3 Å². The Hall–Kier alpha value is -3.47. The average Bonchev–Trinajstić information content (AvgIpc) is 3.11. The number of phenolic OH excluding ortho intramolecular Hbond substituents is 1. The van der Waals surface area contributed by atoms with E-state index in [2.05, 4.69) is 27.4 Å². The zero-order chi connectivity index (χ0) is 17.9. The number of aromatic amines is 1. The third kappa shape index (κ3) is 2.95. The minimum atomic E-state index is -0.122. The first kappa shape index (κ1) is 16.0. The SMILES string of the molecule is COc1cc(C(Nc2ccncc2)c2c[nH]c3ccccc23)ccc1O. The maximum atomic E-state index is 9.95. The average molecular weight is 345 g/mol. The van der Waals surface area contributed by atoms with Crippen molar-refractivity contribution >= 4 is 16.6 Å². The number of hydrogen-bond acceptors (Lipinski definition) is 4. The molecule has 0 spiro atoms. The molecule has 0 saturated heterocycles. The van der Waals surface area contributed by atoms with E-state index in [0.29, 0.717) is 5.75 Å². The number of ether oxygens (including phenoxy) is 1. The first-order valence-corrected chi connectivity index (χ1v) is 8.36. The number of pyridine rings is 1. The highest BCUT2D eigenvalue weighted by Crippen LogP contribution is 2.36. The lowest BCUT2D eigenvalue weighted by Crippen LogP contribution is -2.12. The third-order valence-corrected chi connectivity index (χ3v) is 4.46. The Kier molecular flexibility index (Phi) is 4.19. The Bertz CT molecular complexity index is 1030. The van der Waals surface area contributed by atoms with Crippen LogP contribution in [0.15, 0.2) is 73.2 Å². The summed E-state index contributed by atoms with van der Waals surface area (Å²) < 4.78 is 5.30. The number of hydrogen-bond donors (Lipinski definition) is 3. The molecule has 0 fully saturated rings. The molecule has 0 radical (unpaired) electrons. The number of nitrogens with zero attached hydrogens (tertiary/aromatic N) is 1. The Morgan fingerprint density at radius 2 is 1.88 bits per heavy atom. The van der Waals surface area contributed by atoms with E-state index in [0.717, 1.165) is 27.7 Å². The van der Waals surface area contributed by atoms with Crippen molar-refractivity contribution in [3.8, 4) is 11.5 Å². The smallest absolute Gasteiger partial charge is 0.160 e. The molecule has 0 saturated carbocycles. The summed E-state index contributed by atoms with van der Waals surface area (Å²) in [6.45, 7) is 0. The number of H-pyrrole nitrogens is 1. The zero-order valence-corrected chi connectivity index (χ0v) is 14.3. The lowest BCUT2D eigenvalue weighted by molar-refractivity contribution is 0.373. The molecule has 26 heavy (non-hydrogen) atoms. The van der Waals surface area contributed by atoms with Gasteiger partial charge in [0.25, 0.3) is 0 Å². The standard InChI is InChI=1S/C21H19N3O2/c1-26-20-12-14(6-7-19(20)25)21(24-15-8-10-22-11-9-15)17-13-23-18-5-3-2-4-16(17)18/h2-13,21,23,25H,1H3,(H,22,24). The number of fused-ring (bicyclic) bond motifs is 1. The monoisotopic (exact) mass is 345 g/mol. The van der Waals surface area contributed by atoms with Gasteiger partial charge in [0, 0.05) is 40.7 Å². The molecule has 130 valence electrons. The Morgan fingerprint density at radius 3 is 2.69 bits per heavy atom. The fourth-order valence-corrected chi connectivity index (χ4v) is 3.16.